The number of aromatic nitrogens is 3. The Hall–Kier alpha value is -2.63. The van der Waals surface area contributed by atoms with Crippen LogP contribution in [0.3, 0.4) is 0 Å². The third-order valence-electron chi connectivity index (χ3n) is 3.10. The lowest BCUT2D eigenvalue weighted by atomic mass is 10.1. The van der Waals surface area contributed by atoms with Gasteiger partial charge in [0.2, 0.25) is 0 Å². The Balaban J connectivity index is 2.60. The Bertz CT molecular complexity index is 808. The van der Waals surface area contributed by atoms with Crippen LogP contribution in [0.15, 0.2) is 24.4 Å². The number of phenolic OH excluding ortho intramolecular Hbond substituents is 1. The summed E-state index contributed by atoms with van der Waals surface area (Å²) in [5.74, 6) is -0.129. The lowest BCUT2D eigenvalue weighted by molar-refractivity contribution is 0.193. The molecule has 6 heteroatoms. The largest absolute Gasteiger partial charge is 0.506 e. The molecule has 2 N–H and O–H groups in total. The average molecular weight is 257 g/mol. The summed E-state index contributed by atoms with van der Waals surface area (Å²) < 4.78 is 0.815. The molecule has 3 rings (SSSR count). The maximum atomic E-state index is 11.2. The maximum Gasteiger partial charge on any atom is 0.432 e. The van der Waals surface area contributed by atoms with Gasteiger partial charge in [0.15, 0.2) is 0 Å². The van der Waals surface area contributed by atoms with Gasteiger partial charge in [-0.2, -0.15) is 9.78 Å². The molecule has 0 aliphatic heterocycles. The molecule has 0 saturated carbocycles. The molecule has 0 fully saturated rings. The zero-order valence-corrected chi connectivity index (χ0v) is 10.2. The van der Waals surface area contributed by atoms with Crippen LogP contribution in [0, 0.1) is 0 Å². The van der Waals surface area contributed by atoms with Crippen LogP contribution in [0.25, 0.3) is 21.8 Å². The van der Waals surface area contributed by atoms with Gasteiger partial charge in [0.1, 0.15) is 11.3 Å². The van der Waals surface area contributed by atoms with E-state index >= 15 is 0 Å². The second-order valence-electron chi connectivity index (χ2n) is 4.18. The summed E-state index contributed by atoms with van der Waals surface area (Å²) >= 11 is 0. The fraction of sp³-hybridized carbons (Fsp3) is 0.154. The van der Waals surface area contributed by atoms with E-state index in [1.165, 1.54) is 6.07 Å². The van der Waals surface area contributed by atoms with Gasteiger partial charge in [-0.05, 0) is 12.5 Å². The second-order valence-corrected chi connectivity index (χ2v) is 4.18. The van der Waals surface area contributed by atoms with E-state index in [1.54, 1.807) is 12.3 Å². The molecule has 0 aliphatic rings. The predicted molar refractivity (Wildman–Crippen MR) is 69.5 cm³/mol. The van der Waals surface area contributed by atoms with Crippen molar-refractivity contribution in [1.29, 1.82) is 0 Å². The van der Waals surface area contributed by atoms with Crippen LogP contribution < -0.4 is 0 Å². The van der Waals surface area contributed by atoms with Gasteiger partial charge in [0, 0.05) is 23.0 Å². The maximum absolute atomic E-state index is 11.2. The van der Waals surface area contributed by atoms with Gasteiger partial charge >= 0.3 is 6.09 Å². The zero-order valence-electron chi connectivity index (χ0n) is 10.2. The van der Waals surface area contributed by atoms with E-state index in [1.807, 2.05) is 13.0 Å². The van der Waals surface area contributed by atoms with E-state index in [0.29, 0.717) is 23.0 Å². The molecule has 0 radical (unpaired) electrons. The first-order chi connectivity index (χ1) is 9.13. The molecule has 19 heavy (non-hydrogen) atoms. The third-order valence-corrected chi connectivity index (χ3v) is 3.10. The van der Waals surface area contributed by atoms with Gasteiger partial charge in [-0.25, -0.2) is 4.79 Å². The molecule has 0 amide bonds. The summed E-state index contributed by atoms with van der Waals surface area (Å²) in [4.78, 5) is 15.4. The van der Waals surface area contributed by atoms with Crippen molar-refractivity contribution in [3.63, 3.8) is 0 Å². The molecule has 3 aromatic rings. The minimum atomic E-state index is -1.22. The summed E-state index contributed by atoms with van der Waals surface area (Å²) in [6, 6.07) is 5.08. The van der Waals surface area contributed by atoms with Crippen molar-refractivity contribution in [3.8, 4) is 5.75 Å². The number of carbonyl (C=O) groups is 1. The summed E-state index contributed by atoms with van der Waals surface area (Å²) in [5.41, 5.74) is 1.46. The molecule has 2 heterocycles. The Morgan fingerprint density at radius 3 is 2.95 bits per heavy atom. The molecule has 0 bridgehead atoms. The first-order valence-corrected chi connectivity index (χ1v) is 5.85. The summed E-state index contributed by atoms with van der Waals surface area (Å²) in [6.45, 7) is 1.89. The standard InChI is InChI=1S/C13H11N3O3/c1-2-8-11-7-4-3-5-14-9(7)6-10(17)12(11)16(15-8)13(18)19/h3-6,17H,2H2,1H3,(H,18,19). The minimum absolute atomic E-state index is 0.129. The third kappa shape index (κ3) is 1.53. The highest BCUT2D eigenvalue weighted by Crippen LogP contribution is 2.34. The Labute approximate surface area is 107 Å². The fourth-order valence-electron chi connectivity index (χ4n) is 2.31. The van der Waals surface area contributed by atoms with Crippen molar-refractivity contribution in [1.82, 2.24) is 14.8 Å². The SMILES string of the molecule is CCc1nn(C(=O)O)c2c(O)cc3ncccc3c12. The number of phenols is 1. The van der Waals surface area contributed by atoms with Crippen LogP contribution in [-0.4, -0.2) is 31.1 Å². The van der Waals surface area contributed by atoms with Crippen molar-refractivity contribution >= 4 is 27.9 Å². The number of nitrogens with zero attached hydrogens (tertiary/aromatic N) is 3. The minimum Gasteiger partial charge on any atom is -0.506 e. The number of aromatic hydroxyl groups is 1. The van der Waals surface area contributed by atoms with Crippen LogP contribution in [0.4, 0.5) is 4.79 Å². The number of benzene rings is 1. The highest BCUT2D eigenvalue weighted by Gasteiger charge is 2.20. The number of rotatable bonds is 1. The summed E-state index contributed by atoms with van der Waals surface area (Å²) in [7, 11) is 0. The first kappa shape index (κ1) is 11.5. The quantitative estimate of drug-likeness (QED) is 0.698. The van der Waals surface area contributed by atoms with E-state index in [0.717, 1.165) is 10.1 Å². The van der Waals surface area contributed by atoms with E-state index in [4.69, 9.17) is 5.11 Å². The van der Waals surface area contributed by atoms with Crippen molar-refractivity contribution in [2.45, 2.75) is 13.3 Å². The molecule has 0 saturated heterocycles. The van der Waals surface area contributed by atoms with Crippen molar-refractivity contribution in [2.24, 2.45) is 0 Å². The Morgan fingerprint density at radius 1 is 1.47 bits per heavy atom. The molecule has 6 nitrogen and oxygen atoms in total. The van der Waals surface area contributed by atoms with E-state index in [9.17, 15) is 9.90 Å². The zero-order chi connectivity index (χ0) is 13.6. The lowest BCUT2D eigenvalue weighted by Gasteiger charge is -2.03. The molecular weight excluding hydrogens is 246 g/mol. The Morgan fingerprint density at radius 2 is 2.26 bits per heavy atom. The normalized spacial score (nSPS) is 11.2. The molecular formula is C13H11N3O3. The average Bonchev–Trinajstić information content (AvgIpc) is 2.79. The Kier molecular flexibility index (Phi) is 2.38. The molecule has 0 atom stereocenters. The molecule has 1 aromatic carbocycles. The lowest BCUT2D eigenvalue weighted by Crippen LogP contribution is -2.09. The topological polar surface area (TPSA) is 88.2 Å². The van der Waals surface area contributed by atoms with Crippen molar-refractivity contribution < 1.29 is 15.0 Å². The van der Waals surface area contributed by atoms with Crippen molar-refractivity contribution in [2.75, 3.05) is 0 Å². The van der Waals surface area contributed by atoms with Gasteiger partial charge < -0.3 is 10.2 Å². The van der Waals surface area contributed by atoms with E-state index in [-0.39, 0.29) is 11.3 Å². The first-order valence-electron chi connectivity index (χ1n) is 5.85. The molecule has 0 unspecified atom stereocenters. The number of aryl methyl sites for hydroxylation is 1. The number of pyridine rings is 1. The van der Waals surface area contributed by atoms with Gasteiger partial charge in [0.05, 0.1) is 11.2 Å². The summed E-state index contributed by atoms with van der Waals surface area (Å²) in [6.07, 6.45) is 0.980. The number of hydrogen-bond acceptors (Lipinski definition) is 4. The number of hydrogen-bond donors (Lipinski definition) is 2. The van der Waals surface area contributed by atoms with Gasteiger partial charge in [0.25, 0.3) is 0 Å². The highest BCUT2D eigenvalue weighted by molar-refractivity contribution is 6.10. The smallest absolute Gasteiger partial charge is 0.432 e. The van der Waals surface area contributed by atoms with E-state index in [2.05, 4.69) is 10.1 Å². The molecule has 2 aromatic heterocycles. The van der Waals surface area contributed by atoms with Crippen LogP contribution >= 0.6 is 0 Å². The van der Waals surface area contributed by atoms with Gasteiger partial charge in [-0.3, -0.25) is 4.98 Å². The highest BCUT2D eigenvalue weighted by atomic mass is 16.4. The molecule has 96 valence electrons. The van der Waals surface area contributed by atoms with Crippen LogP contribution in [0.5, 0.6) is 5.75 Å². The number of fused-ring (bicyclic) bond motifs is 3. The van der Waals surface area contributed by atoms with Crippen LogP contribution in [-0.2, 0) is 6.42 Å². The van der Waals surface area contributed by atoms with Gasteiger partial charge in [-0.15, -0.1) is 0 Å². The fourth-order valence-corrected chi connectivity index (χ4v) is 2.31. The van der Waals surface area contributed by atoms with Crippen LogP contribution in [0.1, 0.15) is 12.6 Å². The van der Waals surface area contributed by atoms with Crippen LogP contribution in [0.2, 0.25) is 0 Å². The monoisotopic (exact) mass is 257 g/mol. The van der Waals surface area contributed by atoms with E-state index < -0.39 is 6.09 Å². The second kappa shape index (κ2) is 3.94. The van der Waals surface area contributed by atoms with Crippen molar-refractivity contribution in [3.05, 3.63) is 30.1 Å². The van der Waals surface area contributed by atoms with Gasteiger partial charge in [-0.1, -0.05) is 13.0 Å². The predicted octanol–water partition coefficient (Wildman–Crippen LogP) is 2.38. The number of carboxylic acid groups (broad SMARTS) is 1. The molecule has 0 aliphatic carbocycles. The molecule has 0 spiro atoms. The summed E-state index contributed by atoms with van der Waals surface area (Å²) in [5, 5.41) is 24.7.